The molecule has 5 rings (SSSR count). The Bertz CT molecular complexity index is 780. The molecule has 3 aliphatic heterocycles. The molecule has 1 fully saturated rings. The van der Waals surface area contributed by atoms with Gasteiger partial charge in [0.25, 0.3) is 0 Å². The highest BCUT2D eigenvalue weighted by Gasteiger charge is 2.33. The zero-order valence-corrected chi connectivity index (χ0v) is 13.5. The van der Waals surface area contributed by atoms with Crippen LogP contribution in [-0.4, -0.2) is 48.9 Å². The number of ether oxygens (including phenoxy) is 2. The molecule has 0 amide bonds. The van der Waals surface area contributed by atoms with Crippen molar-refractivity contribution >= 4 is 5.82 Å². The summed E-state index contributed by atoms with van der Waals surface area (Å²) in [5.74, 6) is 1.71. The molecule has 1 aromatic heterocycles. The molecule has 1 N–H and O–H groups in total. The number of rotatable bonds is 1. The van der Waals surface area contributed by atoms with E-state index in [4.69, 9.17) is 9.47 Å². The van der Waals surface area contributed by atoms with Gasteiger partial charge in [-0.15, -0.1) is 0 Å². The Morgan fingerprint density at radius 3 is 3.17 bits per heavy atom. The van der Waals surface area contributed by atoms with Crippen molar-refractivity contribution in [2.24, 2.45) is 0 Å². The van der Waals surface area contributed by atoms with Crippen LogP contribution in [-0.2, 0) is 17.7 Å². The molecule has 2 aromatic rings. The zero-order chi connectivity index (χ0) is 15.9. The first-order valence-electron chi connectivity index (χ1n) is 8.55. The lowest BCUT2D eigenvalue weighted by Crippen LogP contribution is -2.51. The average Bonchev–Trinajstić information content (AvgIpc) is 2.67. The SMILES string of the molecule is c1nc(-c2ccc3c(c2)CCNC3)c2c(n1)N1CCOCC1CO2. The third kappa shape index (κ3) is 2.25. The maximum Gasteiger partial charge on any atom is 0.188 e. The molecule has 0 saturated carbocycles. The summed E-state index contributed by atoms with van der Waals surface area (Å²) in [6, 6.07) is 6.85. The van der Waals surface area contributed by atoms with E-state index in [-0.39, 0.29) is 6.04 Å². The summed E-state index contributed by atoms with van der Waals surface area (Å²) in [5, 5.41) is 3.41. The highest BCUT2D eigenvalue weighted by Crippen LogP contribution is 2.40. The first kappa shape index (κ1) is 14.2. The zero-order valence-electron chi connectivity index (χ0n) is 13.5. The summed E-state index contributed by atoms with van der Waals surface area (Å²) in [6.07, 6.45) is 2.71. The topological polar surface area (TPSA) is 59.5 Å². The van der Waals surface area contributed by atoms with Crippen LogP contribution >= 0.6 is 0 Å². The predicted octanol–water partition coefficient (Wildman–Crippen LogP) is 1.39. The second-order valence-corrected chi connectivity index (χ2v) is 6.52. The molecule has 1 unspecified atom stereocenters. The highest BCUT2D eigenvalue weighted by molar-refractivity contribution is 5.74. The number of fused-ring (bicyclic) bond motifs is 4. The van der Waals surface area contributed by atoms with Crippen molar-refractivity contribution in [1.82, 2.24) is 15.3 Å². The van der Waals surface area contributed by atoms with Crippen LogP contribution in [0.3, 0.4) is 0 Å². The highest BCUT2D eigenvalue weighted by atomic mass is 16.5. The van der Waals surface area contributed by atoms with Gasteiger partial charge in [-0.25, -0.2) is 9.97 Å². The molecule has 0 radical (unpaired) electrons. The molecule has 24 heavy (non-hydrogen) atoms. The van der Waals surface area contributed by atoms with Crippen molar-refractivity contribution in [2.75, 3.05) is 37.8 Å². The Labute approximate surface area is 140 Å². The van der Waals surface area contributed by atoms with Gasteiger partial charge < -0.3 is 19.7 Å². The van der Waals surface area contributed by atoms with Gasteiger partial charge in [0.1, 0.15) is 18.6 Å². The first-order valence-corrected chi connectivity index (χ1v) is 8.55. The summed E-state index contributed by atoms with van der Waals surface area (Å²) in [5.41, 5.74) is 4.79. The summed E-state index contributed by atoms with van der Waals surface area (Å²) in [4.78, 5) is 11.3. The molecule has 124 valence electrons. The van der Waals surface area contributed by atoms with E-state index in [2.05, 4.69) is 38.4 Å². The smallest absolute Gasteiger partial charge is 0.188 e. The maximum absolute atomic E-state index is 6.06. The van der Waals surface area contributed by atoms with Crippen LogP contribution in [0, 0.1) is 0 Å². The lowest BCUT2D eigenvalue weighted by molar-refractivity contribution is 0.0697. The molecule has 6 heteroatoms. The van der Waals surface area contributed by atoms with Gasteiger partial charge in [-0.1, -0.05) is 12.1 Å². The van der Waals surface area contributed by atoms with Gasteiger partial charge in [-0.3, -0.25) is 0 Å². The summed E-state index contributed by atoms with van der Waals surface area (Å²) in [7, 11) is 0. The number of aromatic nitrogens is 2. The lowest BCUT2D eigenvalue weighted by Gasteiger charge is -2.40. The fourth-order valence-corrected chi connectivity index (χ4v) is 3.78. The summed E-state index contributed by atoms with van der Waals surface area (Å²) < 4.78 is 11.6. The minimum Gasteiger partial charge on any atom is -0.485 e. The second-order valence-electron chi connectivity index (χ2n) is 6.52. The number of morpholine rings is 1. The molecule has 3 aliphatic rings. The summed E-state index contributed by atoms with van der Waals surface area (Å²) >= 11 is 0. The second kappa shape index (κ2) is 5.72. The molecule has 4 heterocycles. The number of benzene rings is 1. The Morgan fingerprint density at radius 1 is 1.17 bits per heavy atom. The van der Waals surface area contributed by atoms with Crippen molar-refractivity contribution in [3.63, 3.8) is 0 Å². The van der Waals surface area contributed by atoms with E-state index in [1.165, 1.54) is 11.1 Å². The van der Waals surface area contributed by atoms with Crippen LogP contribution in [0.1, 0.15) is 11.1 Å². The van der Waals surface area contributed by atoms with Gasteiger partial charge in [0.15, 0.2) is 11.6 Å². The van der Waals surface area contributed by atoms with E-state index >= 15 is 0 Å². The van der Waals surface area contributed by atoms with Gasteiger partial charge >= 0.3 is 0 Å². The molecule has 0 spiro atoms. The fourth-order valence-electron chi connectivity index (χ4n) is 3.78. The monoisotopic (exact) mass is 324 g/mol. The normalized spacial score (nSPS) is 22.2. The van der Waals surface area contributed by atoms with E-state index in [1.54, 1.807) is 6.33 Å². The number of nitrogens with zero attached hydrogens (tertiary/aromatic N) is 3. The molecule has 0 aliphatic carbocycles. The minimum atomic E-state index is 0.253. The van der Waals surface area contributed by atoms with Crippen LogP contribution < -0.4 is 15.0 Å². The van der Waals surface area contributed by atoms with Gasteiger partial charge in [0.2, 0.25) is 0 Å². The van der Waals surface area contributed by atoms with Crippen molar-refractivity contribution < 1.29 is 9.47 Å². The van der Waals surface area contributed by atoms with Crippen LogP contribution in [0.25, 0.3) is 11.3 Å². The number of hydrogen-bond donors (Lipinski definition) is 1. The maximum atomic E-state index is 6.06. The van der Waals surface area contributed by atoms with E-state index in [1.807, 2.05) is 0 Å². The molecule has 6 nitrogen and oxygen atoms in total. The van der Waals surface area contributed by atoms with Gasteiger partial charge in [-0.2, -0.15) is 0 Å². The molecule has 0 bridgehead atoms. The van der Waals surface area contributed by atoms with Gasteiger partial charge in [-0.05, 0) is 30.2 Å². The van der Waals surface area contributed by atoms with E-state index < -0.39 is 0 Å². The number of nitrogens with one attached hydrogen (secondary N) is 1. The van der Waals surface area contributed by atoms with Crippen LogP contribution in [0.5, 0.6) is 5.75 Å². The number of hydrogen-bond acceptors (Lipinski definition) is 6. The Morgan fingerprint density at radius 2 is 2.17 bits per heavy atom. The van der Waals surface area contributed by atoms with Crippen LogP contribution in [0.15, 0.2) is 24.5 Å². The van der Waals surface area contributed by atoms with E-state index in [0.29, 0.717) is 13.2 Å². The number of anilines is 1. The van der Waals surface area contributed by atoms with Crippen molar-refractivity contribution in [3.8, 4) is 17.0 Å². The van der Waals surface area contributed by atoms with Crippen molar-refractivity contribution in [3.05, 3.63) is 35.7 Å². The molecular formula is C18H20N4O2. The van der Waals surface area contributed by atoms with Crippen molar-refractivity contribution in [2.45, 2.75) is 19.0 Å². The van der Waals surface area contributed by atoms with Gasteiger partial charge in [0.05, 0.1) is 19.3 Å². The molecular weight excluding hydrogens is 304 g/mol. The van der Waals surface area contributed by atoms with E-state index in [9.17, 15) is 0 Å². The van der Waals surface area contributed by atoms with Crippen LogP contribution in [0.4, 0.5) is 5.82 Å². The first-order chi connectivity index (χ1) is 11.9. The minimum absolute atomic E-state index is 0.253. The third-order valence-corrected chi connectivity index (χ3v) is 5.07. The standard InChI is InChI=1S/C18H20N4O2/c1-2-14-8-19-4-3-12(14)7-13(1)16-17-18(21-11-20-16)22-5-6-23-9-15(22)10-24-17/h1-2,7,11,15,19H,3-6,8-10H2. The third-order valence-electron chi connectivity index (χ3n) is 5.07. The predicted molar refractivity (Wildman–Crippen MR) is 90.3 cm³/mol. The summed E-state index contributed by atoms with van der Waals surface area (Å²) in [6.45, 7) is 4.90. The largest absolute Gasteiger partial charge is 0.485 e. The Kier molecular flexibility index (Phi) is 3.38. The molecule has 1 aromatic carbocycles. The van der Waals surface area contributed by atoms with Crippen molar-refractivity contribution in [1.29, 1.82) is 0 Å². The molecule has 1 atom stereocenters. The Hall–Kier alpha value is -2.18. The lowest BCUT2D eigenvalue weighted by atomic mass is 9.97. The Balaban J connectivity index is 1.58. The fraction of sp³-hybridized carbons (Fsp3) is 0.444. The average molecular weight is 324 g/mol. The van der Waals surface area contributed by atoms with E-state index in [0.717, 1.165) is 55.5 Å². The molecule has 1 saturated heterocycles. The quantitative estimate of drug-likeness (QED) is 0.855. The van der Waals surface area contributed by atoms with Gasteiger partial charge in [0, 0.05) is 18.7 Å². The van der Waals surface area contributed by atoms with Crippen LogP contribution in [0.2, 0.25) is 0 Å².